The molecular weight excluding hydrogens is 316 g/mol. The normalized spacial score (nSPS) is 24.8. The monoisotopic (exact) mass is 345 g/mol. The van der Waals surface area contributed by atoms with Gasteiger partial charge in [0.25, 0.3) is 0 Å². The molecule has 2 heteroatoms. The van der Waals surface area contributed by atoms with E-state index in [2.05, 4.69) is 92.0 Å². The minimum atomic E-state index is 0.0758. The maximum atomic E-state index is 2.45. The van der Waals surface area contributed by atoms with Crippen molar-refractivity contribution < 1.29 is 4.58 Å². The summed E-state index contributed by atoms with van der Waals surface area (Å²) in [7, 11) is 2.23. The molecule has 0 saturated heterocycles. The van der Waals surface area contributed by atoms with Gasteiger partial charge in [-0.25, -0.2) is 0 Å². The molecule has 0 N–H and O–H groups in total. The van der Waals surface area contributed by atoms with Crippen LogP contribution in [-0.4, -0.2) is 24.4 Å². The Labute approximate surface area is 157 Å². The lowest BCUT2D eigenvalue weighted by Crippen LogP contribution is -2.28. The summed E-state index contributed by atoms with van der Waals surface area (Å²) in [5.74, 6) is 0. The second-order valence-corrected chi connectivity index (χ2v) is 7.69. The first-order valence-electron chi connectivity index (χ1n) is 9.86. The van der Waals surface area contributed by atoms with Crippen molar-refractivity contribution >= 4 is 17.6 Å². The Hall–Kier alpha value is -2.35. The molecule has 2 nitrogen and oxygen atoms in total. The van der Waals surface area contributed by atoms with E-state index in [0.29, 0.717) is 0 Å². The van der Waals surface area contributed by atoms with Gasteiger partial charge < -0.3 is 4.90 Å². The summed E-state index contributed by atoms with van der Waals surface area (Å²) in [6.07, 6.45) is 5.71. The van der Waals surface area contributed by atoms with Crippen molar-refractivity contribution in [3.8, 4) is 0 Å². The predicted octanol–water partition coefficient (Wildman–Crippen LogP) is 5.44. The summed E-state index contributed by atoms with van der Waals surface area (Å²) in [6.45, 7) is 8.09. The van der Waals surface area contributed by atoms with Crippen LogP contribution in [0.15, 0.2) is 59.8 Å². The highest BCUT2D eigenvalue weighted by molar-refractivity contribution is 5.83. The predicted molar refractivity (Wildman–Crippen MR) is 111 cm³/mol. The number of rotatable bonds is 3. The molecule has 0 amide bonds. The van der Waals surface area contributed by atoms with Crippen molar-refractivity contribution in [2.45, 2.75) is 45.4 Å². The molecule has 4 rings (SSSR count). The molecule has 0 fully saturated rings. The van der Waals surface area contributed by atoms with Crippen LogP contribution in [0.25, 0.3) is 0 Å². The zero-order chi connectivity index (χ0) is 18.3. The largest absolute Gasteiger partial charge is 0.347 e. The molecule has 0 spiro atoms. The molecule has 2 aliphatic rings. The van der Waals surface area contributed by atoms with E-state index in [-0.39, 0.29) is 5.41 Å². The highest BCUT2D eigenvalue weighted by Gasteiger charge is 2.42. The number of likely N-dealkylation sites (N-methyl/N-ethyl adjacent to an activating group) is 1. The standard InChI is InChI=1S/C24H29N2/c1-5-18(17-26-16-15-19-11-7-9-13-21(19)26)23-24(3,6-2)20-12-8-10-14-22(20)25(23)4/h7-14,17H,5-6,15-16H2,1-4H3/q+1. The lowest BCUT2D eigenvalue weighted by molar-refractivity contribution is -0.423. The third kappa shape index (κ3) is 2.43. The van der Waals surface area contributed by atoms with E-state index >= 15 is 0 Å². The zero-order valence-corrected chi connectivity index (χ0v) is 16.4. The van der Waals surface area contributed by atoms with E-state index in [9.17, 15) is 0 Å². The first kappa shape index (κ1) is 17.1. The summed E-state index contributed by atoms with van der Waals surface area (Å²) in [6, 6.07) is 17.7. The number of hydrogen-bond acceptors (Lipinski definition) is 1. The van der Waals surface area contributed by atoms with Gasteiger partial charge in [-0.1, -0.05) is 50.2 Å². The summed E-state index contributed by atoms with van der Waals surface area (Å²) in [5.41, 5.74) is 8.64. The molecule has 0 aliphatic carbocycles. The maximum absolute atomic E-state index is 2.45. The highest BCUT2D eigenvalue weighted by atomic mass is 15.2. The van der Waals surface area contributed by atoms with Gasteiger partial charge in [-0.3, -0.25) is 0 Å². The minimum absolute atomic E-state index is 0.0758. The number of allylic oxidation sites excluding steroid dienone is 2. The second-order valence-electron chi connectivity index (χ2n) is 7.69. The number of benzene rings is 2. The van der Waals surface area contributed by atoms with Gasteiger partial charge in [-0.05, 0) is 31.4 Å². The van der Waals surface area contributed by atoms with Gasteiger partial charge in [0.1, 0.15) is 0 Å². The van der Waals surface area contributed by atoms with Crippen LogP contribution in [0.3, 0.4) is 0 Å². The third-order valence-electron chi connectivity index (χ3n) is 6.34. The lowest BCUT2D eigenvalue weighted by atomic mass is 9.77. The quantitative estimate of drug-likeness (QED) is 0.671. The van der Waals surface area contributed by atoms with Crippen LogP contribution in [0.2, 0.25) is 0 Å². The Morgan fingerprint density at radius 3 is 2.62 bits per heavy atom. The molecule has 1 atom stereocenters. The molecule has 134 valence electrons. The Bertz CT molecular complexity index is 906. The average molecular weight is 346 g/mol. The average Bonchev–Trinajstić information content (AvgIpc) is 3.18. The molecule has 2 aromatic rings. The smallest absolute Gasteiger partial charge is 0.208 e. The lowest BCUT2D eigenvalue weighted by Gasteiger charge is -2.29. The van der Waals surface area contributed by atoms with Crippen LogP contribution >= 0.6 is 0 Å². The number of anilines is 1. The van der Waals surface area contributed by atoms with Gasteiger partial charge in [0.2, 0.25) is 5.69 Å². The Kier molecular flexibility index (Phi) is 4.22. The van der Waals surface area contributed by atoms with Gasteiger partial charge in [-0.2, -0.15) is 4.58 Å². The molecule has 2 aromatic carbocycles. The zero-order valence-electron chi connectivity index (χ0n) is 16.4. The van der Waals surface area contributed by atoms with Crippen LogP contribution < -0.4 is 4.90 Å². The van der Waals surface area contributed by atoms with Gasteiger partial charge >= 0.3 is 0 Å². The number of hydrogen-bond donors (Lipinski definition) is 0. The second kappa shape index (κ2) is 6.42. The van der Waals surface area contributed by atoms with Gasteiger partial charge in [0.15, 0.2) is 12.8 Å². The van der Waals surface area contributed by atoms with Gasteiger partial charge in [-0.15, -0.1) is 0 Å². The van der Waals surface area contributed by atoms with Crippen LogP contribution in [0.1, 0.15) is 44.7 Å². The molecule has 0 radical (unpaired) electrons. The first-order chi connectivity index (χ1) is 12.6. The third-order valence-corrected chi connectivity index (χ3v) is 6.34. The van der Waals surface area contributed by atoms with Crippen molar-refractivity contribution in [2.24, 2.45) is 0 Å². The van der Waals surface area contributed by atoms with Gasteiger partial charge in [0, 0.05) is 47.5 Å². The molecule has 1 unspecified atom stereocenters. The number of fused-ring (bicyclic) bond motifs is 2. The van der Waals surface area contributed by atoms with Crippen molar-refractivity contribution in [3.63, 3.8) is 0 Å². The van der Waals surface area contributed by atoms with E-state index in [0.717, 1.165) is 25.8 Å². The SMILES string of the molecule is CCC(C=[N+]1CCc2ccccc21)=C1N(C)c2ccccc2C1(C)CC. The van der Waals surface area contributed by atoms with Crippen LogP contribution in [0, 0.1) is 0 Å². The van der Waals surface area contributed by atoms with Crippen molar-refractivity contribution in [3.05, 3.63) is 70.9 Å². The fraction of sp³-hybridized carbons (Fsp3) is 0.375. The fourth-order valence-electron chi connectivity index (χ4n) is 4.78. The summed E-state index contributed by atoms with van der Waals surface area (Å²) in [4.78, 5) is 2.43. The van der Waals surface area contributed by atoms with Crippen molar-refractivity contribution in [2.75, 3.05) is 18.5 Å². The Morgan fingerprint density at radius 2 is 1.85 bits per heavy atom. The highest BCUT2D eigenvalue weighted by Crippen LogP contribution is 2.50. The van der Waals surface area contributed by atoms with E-state index < -0.39 is 0 Å². The van der Waals surface area contributed by atoms with Crippen molar-refractivity contribution in [1.29, 1.82) is 0 Å². The summed E-state index contributed by atoms with van der Waals surface area (Å²) < 4.78 is 2.45. The van der Waals surface area contributed by atoms with Crippen LogP contribution in [0.5, 0.6) is 0 Å². The molecular formula is C24H29N2+. The van der Waals surface area contributed by atoms with E-state index in [1.807, 2.05) is 0 Å². The summed E-state index contributed by atoms with van der Waals surface area (Å²) >= 11 is 0. The van der Waals surface area contributed by atoms with Crippen LogP contribution in [0.4, 0.5) is 11.4 Å². The molecule has 0 bridgehead atoms. The molecule has 26 heavy (non-hydrogen) atoms. The van der Waals surface area contributed by atoms with E-state index in [4.69, 9.17) is 0 Å². The topological polar surface area (TPSA) is 6.25 Å². The fourth-order valence-corrected chi connectivity index (χ4v) is 4.78. The molecule has 2 aliphatic heterocycles. The van der Waals surface area contributed by atoms with E-state index in [1.165, 1.54) is 33.8 Å². The maximum Gasteiger partial charge on any atom is 0.208 e. The number of para-hydroxylation sites is 2. The summed E-state index contributed by atoms with van der Waals surface area (Å²) in [5, 5.41) is 0. The Balaban J connectivity index is 1.88. The minimum Gasteiger partial charge on any atom is -0.347 e. The van der Waals surface area contributed by atoms with Gasteiger partial charge in [0.05, 0.1) is 0 Å². The molecule has 0 saturated carbocycles. The van der Waals surface area contributed by atoms with Crippen LogP contribution in [-0.2, 0) is 11.8 Å². The van der Waals surface area contributed by atoms with Crippen molar-refractivity contribution in [1.82, 2.24) is 0 Å². The Morgan fingerprint density at radius 1 is 1.12 bits per heavy atom. The number of nitrogens with zero attached hydrogens (tertiary/aromatic N) is 2. The molecule has 2 heterocycles. The first-order valence-corrected chi connectivity index (χ1v) is 9.86. The van der Waals surface area contributed by atoms with E-state index in [1.54, 1.807) is 0 Å². The molecule has 0 aromatic heterocycles.